The Morgan fingerprint density at radius 2 is 1.96 bits per heavy atom. The van der Waals surface area contributed by atoms with E-state index in [0.29, 0.717) is 22.8 Å². The van der Waals surface area contributed by atoms with Gasteiger partial charge in [-0.1, -0.05) is 0 Å². The van der Waals surface area contributed by atoms with Crippen LogP contribution in [0.1, 0.15) is 42.8 Å². The van der Waals surface area contributed by atoms with Gasteiger partial charge in [-0.25, -0.2) is 14.6 Å². The van der Waals surface area contributed by atoms with E-state index in [4.69, 9.17) is 9.47 Å². The van der Waals surface area contributed by atoms with E-state index in [0.717, 1.165) is 4.91 Å². The van der Waals surface area contributed by atoms with Crippen LogP contribution in [0.25, 0.3) is 4.91 Å². The fraction of sp³-hybridized carbons (Fsp3) is 0.438. The lowest BCUT2D eigenvalue weighted by atomic mass is 10.2. The van der Waals surface area contributed by atoms with Gasteiger partial charge in [0, 0.05) is 17.0 Å². The van der Waals surface area contributed by atoms with Crippen molar-refractivity contribution in [1.29, 1.82) is 0 Å². The lowest BCUT2D eigenvalue weighted by Gasteiger charge is -2.18. The van der Waals surface area contributed by atoms with Crippen molar-refractivity contribution in [3.8, 4) is 0 Å². The quantitative estimate of drug-likeness (QED) is 0.855. The average Bonchev–Trinajstić information content (AvgIpc) is 2.87. The zero-order valence-electron chi connectivity index (χ0n) is 13.9. The highest BCUT2D eigenvalue weighted by Crippen LogP contribution is 2.32. The Kier molecular flexibility index (Phi) is 4.99. The molecule has 2 heterocycles. The van der Waals surface area contributed by atoms with E-state index in [2.05, 4.69) is 9.97 Å². The van der Waals surface area contributed by atoms with Crippen molar-refractivity contribution in [2.45, 2.75) is 33.3 Å². The van der Waals surface area contributed by atoms with Gasteiger partial charge >= 0.3 is 11.9 Å². The molecule has 0 bridgehead atoms. The predicted octanol–water partition coefficient (Wildman–Crippen LogP) is 2.86. The monoisotopic (exact) mass is 336 g/mol. The summed E-state index contributed by atoms with van der Waals surface area (Å²) in [5.41, 5.74) is 0.953. The van der Waals surface area contributed by atoms with Crippen LogP contribution in [-0.2, 0) is 14.3 Å². The van der Waals surface area contributed by atoms with Crippen molar-refractivity contribution < 1.29 is 19.1 Å². The summed E-state index contributed by atoms with van der Waals surface area (Å²) in [7, 11) is 1.36. The molecule has 0 amide bonds. The summed E-state index contributed by atoms with van der Waals surface area (Å²) in [6, 6.07) is 0. The molecule has 0 saturated heterocycles. The molecular formula is C16H20N2O4S. The normalized spacial score (nSPS) is 14.8. The van der Waals surface area contributed by atoms with Crippen molar-refractivity contribution in [2.24, 2.45) is 0 Å². The van der Waals surface area contributed by atoms with Crippen LogP contribution < -0.4 is 0 Å². The number of esters is 2. The number of carbonyl (C=O) groups excluding carboxylic acids is 2. The van der Waals surface area contributed by atoms with Gasteiger partial charge in [-0.3, -0.25) is 0 Å². The smallest absolute Gasteiger partial charge is 0.359 e. The number of allylic oxidation sites excluding steroid dienone is 2. The van der Waals surface area contributed by atoms with Crippen LogP contribution in [0, 0.1) is 6.92 Å². The molecule has 23 heavy (non-hydrogen) atoms. The summed E-state index contributed by atoms with van der Waals surface area (Å²) in [4.78, 5) is 31.9. The van der Waals surface area contributed by atoms with Crippen LogP contribution in [0.4, 0.5) is 0 Å². The standard InChI is InChI=1S/C16H20N2O4S/c1-9-12(15(20)22-16(2,3)4)18-13(17-9)11-7-6-10(8-23-11)14(19)21-5/h6-7H,8H2,1-5H3,(H,17,18). The first kappa shape index (κ1) is 17.3. The Morgan fingerprint density at radius 1 is 1.26 bits per heavy atom. The van der Waals surface area contributed by atoms with E-state index in [1.165, 1.54) is 18.9 Å². The number of methoxy groups -OCH3 is 1. The van der Waals surface area contributed by atoms with E-state index >= 15 is 0 Å². The van der Waals surface area contributed by atoms with Crippen LogP contribution in [0.15, 0.2) is 17.7 Å². The molecule has 0 aliphatic carbocycles. The lowest BCUT2D eigenvalue weighted by Crippen LogP contribution is -2.24. The molecule has 1 aromatic rings. The van der Waals surface area contributed by atoms with Gasteiger partial charge in [-0.2, -0.15) is 0 Å². The molecule has 0 saturated carbocycles. The number of carbonyl (C=O) groups is 2. The molecule has 7 heteroatoms. The maximum atomic E-state index is 12.2. The minimum Gasteiger partial charge on any atom is -0.466 e. The highest BCUT2D eigenvalue weighted by atomic mass is 32.2. The number of imidazole rings is 1. The molecule has 0 radical (unpaired) electrons. The lowest BCUT2D eigenvalue weighted by molar-refractivity contribution is -0.135. The van der Waals surface area contributed by atoms with Crippen molar-refractivity contribution >= 4 is 28.6 Å². The van der Waals surface area contributed by atoms with E-state index in [-0.39, 0.29) is 11.7 Å². The second kappa shape index (κ2) is 6.62. The zero-order valence-corrected chi connectivity index (χ0v) is 14.7. The number of nitrogens with one attached hydrogen (secondary N) is 1. The van der Waals surface area contributed by atoms with Gasteiger partial charge in [-0.05, 0) is 39.8 Å². The summed E-state index contributed by atoms with van der Waals surface area (Å²) in [5, 5.41) is 0. The van der Waals surface area contributed by atoms with Gasteiger partial charge in [0.05, 0.1) is 12.0 Å². The molecule has 0 spiro atoms. The Hall–Kier alpha value is -2.02. The van der Waals surface area contributed by atoms with E-state index in [1.54, 1.807) is 19.1 Å². The number of rotatable bonds is 3. The van der Waals surface area contributed by atoms with Crippen LogP contribution in [0.5, 0.6) is 0 Å². The maximum absolute atomic E-state index is 12.2. The van der Waals surface area contributed by atoms with E-state index in [1.807, 2.05) is 20.8 Å². The number of nitrogens with zero attached hydrogens (tertiary/aromatic N) is 1. The van der Waals surface area contributed by atoms with Crippen molar-refractivity contribution in [1.82, 2.24) is 9.97 Å². The Labute approximate surface area is 139 Å². The molecule has 0 fully saturated rings. The molecule has 1 aliphatic heterocycles. The fourth-order valence-corrected chi connectivity index (χ4v) is 2.86. The highest BCUT2D eigenvalue weighted by molar-refractivity contribution is 8.08. The molecule has 124 valence electrons. The number of aryl methyl sites for hydroxylation is 1. The Morgan fingerprint density at radius 3 is 2.48 bits per heavy atom. The summed E-state index contributed by atoms with van der Waals surface area (Å²) in [6.07, 6.45) is 3.50. The predicted molar refractivity (Wildman–Crippen MR) is 89.0 cm³/mol. The number of hydrogen-bond acceptors (Lipinski definition) is 6. The van der Waals surface area contributed by atoms with Crippen molar-refractivity contribution in [3.05, 3.63) is 34.9 Å². The Bertz CT molecular complexity index is 695. The highest BCUT2D eigenvalue weighted by Gasteiger charge is 2.24. The minimum atomic E-state index is -0.570. The number of ether oxygens (including phenoxy) is 2. The Balaban J connectivity index is 2.22. The van der Waals surface area contributed by atoms with Gasteiger partial charge in [-0.15, -0.1) is 11.8 Å². The van der Waals surface area contributed by atoms with Crippen LogP contribution in [0.3, 0.4) is 0 Å². The third kappa shape index (κ3) is 4.25. The second-order valence-corrected chi connectivity index (χ2v) is 7.08. The van der Waals surface area contributed by atoms with Gasteiger partial charge in [0.2, 0.25) is 0 Å². The summed E-state index contributed by atoms with van der Waals surface area (Å²) in [6.45, 7) is 7.21. The number of H-pyrrole nitrogens is 1. The van der Waals surface area contributed by atoms with Crippen molar-refractivity contribution in [2.75, 3.05) is 12.9 Å². The molecule has 1 N–H and O–H groups in total. The minimum absolute atomic E-state index is 0.277. The SMILES string of the molecule is COC(=O)C1=CC=C(c2nc(C(=O)OC(C)(C)C)c(C)[nH]2)SC1. The molecule has 1 aliphatic rings. The van der Waals surface area contributed by atoms with Crippen LogP contribution in [-0.4, -0.2) is 40.4 Å². The second-order valence-electron chi connectivity index (χ2n) is 6.06. The first-order chi connectivity index (χ1) is 10.7. The van der Waals surface area contributed by atoms with Gasteiger partial charge in [0.15, 0.2) is 5.69 Å². The molecule has 0 atom stereocenters. The number of hydrogen-bond donors (Lipinski definition) is 1. The fourth-order valence-electron chi connectivity index (χ4n) is 1.94. The molecular weight excluding hydrogens is 316 g/mol. The number of aromatic amines is 1. The first-order valence-corrected chi connectivity index (χ1v) is 8.12. The summed E-state index contributed by atoms with van der Waals surface area (Å²) >= 11 is 1.46. The van der Waals surface area contributed by atoms with Gasteiger partial charge in [0.25, 0.3) is 0 Å². The van der Waals surface area contributed by atoms with E-state index in [9.17, 15) is 9.59 Å². The molecule has 0 unspecified atom stereocenters. The van der Waals surface area contributed by atoms with Gasteiger partial charge in [0.1, 0.15) is 11.4 Å². The van der Waals surface area contributed by atoms with Gasteiger partial charge < -0.3 is 14.5 Å². The largest absolute Gasteiger partial charge is 0.466 e. The molecule has 2 rings (SSSR count). The van der Waals surface area contributed by atoms with Crippen LogP contribution in [0.2, 0.25) is 0 Å². The maximum Gasteiger partial charge on any atom is 0.359 e. The number of aromatic nitrogens is 2. The van der Waals surface area contributed by atoms with E-state index < -0.39 is 11.6 Å². The zero-order chi connectivity index (χ0) is 17.2. The molecule has 6 nitrogen and oxygen atoms in total. The topological polar surface area (TPSA) is 81.3 Å². The average molecular weight is 336 g/mol. The third-order valence-corrected chi connectivity index (χ3v) is 4.07. The number of thioether (sulfide) groups is 1. The summed E-state index contributed by atoms with van der Waals surface area (Å²) < 4.78 is 10.0. The summed E-state index contributed by atoms with van der Waals surface area (Å²) in [5.74, 6) is 0.302. The third-order valence-electron chi connectivity index (χ3n) is 2.98. The first-order valence-electron chi connectivity index (χ1n) is 7.13. The molecule has 0 aromatic carbocycles. The van der Waals surface area contributed by atoms with Crippen LogP contribution >= 0.6 is 11.8 Å². The van der Waals surface area contributed by atoms with Crippen molar-refractivity contribution in [3.63, 3.8) is 0 Å². The molecule has 1 aromatic heterocycles.